The smallest absolute Gasteiger partial charge is 0.412 e. The van der Waals surface area contributed by atoms with Crippen LogP contribution in [0.15, 0.2) is 23.2 Å². The van der Waals surface area contributed by atoms with Crippen LogP contribution in [0.3, 0.4) is 0 Å². The fourth-order valence-electron chi connectivity index (χ4n) is 3.07. The minimum atomic E-state index is -0.547. The summed E-state index contributed by atoms with van der Waals surface area (Å²) in [5, 5.41) is 6.23. The highest BCUT2D eigenvalue weighted by molar-refractivity contribution is 5.98. The minimum Gasteiger partial charge on any atom is -0.444 e. The molecule has 0 fully saturated rings. The number of carbonyl (C=O) groups excluding carboxylic acids is 1. The van der Waals surface area contributed by atoms with Gasteiger partial charge in [-0.05, 0) is 50.3 Å². The second-order valence-corrected chi connectivity index (χ2v) is 8.58. The lowest BCUT2D eigenvalue weighted by molar-refractivity contribution is -0.0937. The van der Waals surface area contributed by atoms with Crippen LogP contribution in [-0.4, -0.2) is 44.6 Å². The SMILES string of the molecule is COC(CN=C1CCC(C)(C)c2ccc(NC(=O)OC(C)(C)C)cc2N1)OC. The number of anilines is 2. The minimum absolute atomic E-state index is 0.0219. The van der Waals surface area contributed by atoms with Gasteiger partial charge < -0.3 is 19.5 Å². The van der Waals surface area contributed by atoms with Gasteiger partial charge in [0.05, 0.1) is 6.54 Å². The molecule has 0 radical (unpaired) electrons. The third-order valence-corrected chi connectivity index (χ3v) is 4.62. The van der Waals surface area contributed by atoms with E-state index in [4.69, 9.17) is 14.2 Å². The topological polar surface area (TPSA) is 81.2 Å². The number of aliphatic imine (C=N–C) groups is 1. The summed E-state index contributed by atoms with van der Waals surface area (Å²) >= 11 is 0. The molecule has 1 amide bonds. The first-order valence-corrected chi connectivity index (χ1v) is 9.54. The number of nitrogens with zero attached hydrogens (tertiary/aromatic N) is 1. The predicted octanol–water partition coefficient (Wildman–Crippen LogP) is 4.53. The van der Waals surface area contributed by atoms with Gasteiger partial charge in [-0.2, -0.15) is 0 Å². The van der Waals surface area contributed by atoms with E-state index in [9.17, 15) is 4.79 Å². The average molecular weight is 392 g/mol. The molecule has 2 rings (SSSR count). The first kappa shape index (κ1) is 22.2. The lowest BCUT2D eigenvalue weighted by Crippen LogP contribution is -2.27. The van der Waals surface area contributed by atoms with E-state index in [-0.39, 0.29) is 11.7 Å². The van der Waals surface area contributed by atoms with E-state index in [1.165, 1.54) is 5.56 Å². The molecule has 1 aliphatic rings. The zero-order valence-electron chi connectivity index (χ0n) is 18.0. The Bertz CT molecular complexity index is 719. The third kappa shape index (κ3) is 6.21. The molecule has 156 valence electrons. The molecule has 1 heterocycles. The number of amides is 1. The molecular weight excluding hydrogens is 358 g/mol. The number of amidine groups is 1. The van der Waals surface area contributed by atoms with Crippen molar-refractivity contribution in [2.45, 2.75) is 64.8 Å². The fourth-order valence-corrected chi connectivity index (χ4v) is 3.07. The highest BCUT2D eigenvalue weighted by Crippen LogP contribution is 2.38. The number of fused-ring (bicyclic) bond motifs is 1. The zero-order chi connectivity index (χ0) is 20.9. The van der Waals surface area contributed by atoms with Crippen LogP contribution in [0.4, 0.5) is 16.2 Å². The Hall–Kier alpha value is -2.12. The van der Waals surface area contributed by atoms with Crippen molar-refractivity contribution in [1.82, 2.24) is 0 Å². The molecule has 28 heavy (non-hydrogen) atoms. The summed E-state index contributed by atoms with van der Waals surface area (Å²) in [6, 6.07) is 5.87. The van der Waals surface area contributed by atoms with Crippen molar-refractivity contribution < 1.29 is 19.0 Å². The Morgan fingerprint density at radius 2 is 1.96 bits per heavy atom. The molecule has 0 unspecified atom stereocenters. The van der Waals surface area contributed by atoms with E-state index in [1.807, 2.05) is 39.0 Å². The van der Waals surface area contributed by atoms with Gasteiger partial charge in [0.25, 0.3) is 0 Å². The number of hydrogen-bond donors (Lipinski definition) is 2. The van der Waals surface area contributed by atoms with Crippen molar-refractivity contribution in [3.05, 3.63) is 23.8 Å². The van der Waals surface area contributed by atoms with Crippen LogP contribution in [0, 0.1) is 0 Å². The number of nitrogens with one attached hydrogen (secondary N) is 2. The maximum absolute atomic E-state index is 12.1. The van der Waals surface area contributed by atoms with Gasteiger partial charge in [0, 0.05) is 32.0 Å². The maximum atomic E-state index is 12.1. The second-order valence-electron chi connectivity index (χ2n) is 8.58. The Morgan fingerprint density at radius 1 is 1.29 bits per heavy atom. The molecular formula is C21H33N3O4. The largest absolute Gasteiger partial charge is 0.444 e. The van der Waals surface area contributed by atoms with Crippen LogP contribution in [0.5, 0.6) is 0 Å². The number of hydrogen-bond acceptors (Lipinski definition) is 5. The summed E-state index contributed by atoms with van der Waals surface area (Å²) in [6.07, 6.45) is 0.925. The highest BCUT2D eigenvalue weighted by Gasteiger charge is 2.28. The van der Waals surface area contributed by atoms with Crippen molar-refractivity contribution in [3.63, 3.8) is 0 Å². The van der Waals surface area contributed by atoms with Gasteiger partial charge >= 0.3 is 6.09 Å². The van der Waals surface area contributed by atoms with E-state index < -0.39 is 11.7 Å². The maximum Gasteiger partial charge on any atom is 0.412 e. The van der Waals surface area contributed by atoms with Crippen molar-refractivity contribution in [3.8, 4) is 0 Å². The molecule has 1 aliphatic heterocycles. The summed E-state index contributed by atoms with van der Waals surface area (Å²) in [5.74, 6) is 0.875. The second kappa shape index (κ2) is 8.92. The van der Waals surface area contributed by atoms with Gasteiger partial charge in [0.15, 0.2) is 6.29 Å². The molecule has 7 heteroatoms. The van der Waals surface area contributed by atoms with Crippen molar-refractivity contribution >= 4 is 23.3 Å². The number of carbonyl (C=O) groups is 1. The van der Waals surface area contributed by atoms with Crippen LogP contribution in [-0.2, 0) is 19.6 Å². The lowest BCUT2D eigenvalue weighted by atomic mass is 9.80. The summed E-state index contributed by atoms with van der Waals surface area (Å²) < 4.78 is 15.8. The number of benzene rings is 1. The van der Waals surface area contributed by atoms with Crippen LogP contribution in [0.1, 0.15) is 53.0 Å². The summed E-state index contributed by atoms with van der Waals surface area (Å²) in [4.78, 5) is 16.7. The molecule has 0 spiro atoms. The highest BCUT2D eigenvalue weighted by atomic mass is 16.7. The van der Waals surface area contributed by atoms with Crippen LogP contribution in [0.2, 0.25) is 0 Å². The molecule has 0 bridgehead atoms. The first-order chi connectivity index (χ1) is 13.0. The normalized spacial score (nSPS) is 17.6. The Morgan fingerprint density at radius 3 is 2.57 bits per heavy atom. The van der Waals surface area contributed by atoms with Crippen LogP contribution < -0.4 is 10.6 Å². The lowest BCUT2D eigenvalue weighted by Gasteiger charge is -2.25. The quantitative estimate of drug-likeness (QED) is 0.721. The number of methoxy groups -OCH3 is 2. The average Bonchev–Trinajstić information content (AvgIpc) is 2.70. The number of rotatable bonds is 5. The Kier molecular flexibility index (Phi) is 7.06. The van der Waals surface area contributed by atoms with Gasteiger partial charge in [-0.15, -0.1) is 0 Å². The first-order valence-electron chi connectivity index (χ1n) is 9.54. The van der Waals surface area contributed by atoms with E-state index in [0.717, 1.165) is 24.4 Å². The van der Waals surface area contributed by atoms with E-state index >= 15 is 0 Å². The molecule has 1 aromatic carbocycles. The Labute approximate surface area is 167 Å². The van der Waals surface area contributed by atoms with Crippen molar-refractivity contribution in [2.75, 3.05) is 31.4 Å². The summed E-state index contributed by atoms with van der Waals surface area (Å²) in [5.41, 5.74) is 2.22. The summed E-state index contributed by atoms with van der Waals surface area (Å²) in [7, 11) is 3.20. The molecule has 0 aliphatic carbocycles. The van der Waals surface area contributed by atoms with Crippen LogP contribution in [0.25, 0.3) is 0 Å². The van der Waals surface area contributed by atoms with E-state index in [2.05, 4.69) is 29.5 Å². The molecule has 2 N–H and O–H groups in total. The Balaban J connectivity index is 2.24. The summed E-state index contributed by atoms with van der Waals surface area (Å²) in [6.45, 7) is 10.4. The fraction of sp³-hybridized carbons (Fsp3) is 0.619. The van der Waals surface area contributed by atoms with E-state index in [0.29, 0.717) is 12.2 Å². The van der Waals surface area contributed by atoms with Gasteiger partial charge in [-0.1, -0.05) is 19.9 Å². The van der Waals surface area contributed by atoms with Crippen molar-refractivity contribution in [1.29, 1.82) is 0 Å². The predicted molar refractivity (Wildman–Crippen MR) is 112 cm³/mol. The third-order valence-electron chi connectivity index (χ3n) is 4.62. The molecule has 0 saturated carbocycles. The van der Waals surface area contributed by atoms with Gasteiger partial charge in [0.1, 0.15) is 11.4 Å². The van der Waals surface area contributed by atoms with Gasteiger partial charge in [-0.3, -0.25) is 10.3 Å². The van der Waals surface area contributed by atoms with Gasteiger partial charge in [0.2, 0.25) is 0 Å². The zero-order valence-corrected chi connectivity index (χ0v) is 18.0. The molecule has 1 aromatic rings. The van der Waals surface area contributed by atoms with Gasteiger partial charge in [-0.25, -0.2) is 4.79 Å². The monoisotopic (exact) mass is 391 g/mol. The van der Waals surface area contributed by atoms with Crippen LogP contribution >= 0.6 is 0 Å². The van der Waals surface area contributed by atoms with E-state index in [1.54, 1.807) is 14.2 Å². The van der Waals surface area contributed by atoms with Crippen molar-refractivity contribution in [2.24, 2.45) is 4.99 Å². The standard InChI is InChI=1S/C21H33N3O4/c1-20(2,3)28-19(25)23-14-8-9-15-16(12-14)24-17(10-11-21(15,4)5)22-13-18(26-6)27-7/h8-9,12,18H,10-11,13H2,1-7H3,(H,22,24)(H,23,25). The molecule has 0 atom stereocenters. The molecule has 7 nitrogen and oxygen atoms in total. The molecule has 0 aromatic heterocycles. The molecule has 0 saturated heterocycles. The number of ether oxygens (including phenoxy) is 3.